The van der Waals surface area contributed by atoms with Crippen molar-refractivity contribution in [1.29, 1.82) is 0 Å². The lowest BCUT2D eigenvalue weighted by molar-refractivity contribution is -0.142. The number of carbonyl (C=O) groups is 2. The van der Waals surface area contributed by atoms with Crippen molar-refractivity contribution in [2.24, 2.45) is 5.92 Å². The SMILES string of the molecule is CC(NC(=O)N1CCCCCC1C(=O)O)C1CCCC1. The van der Waals surface area contributed by atoms with Crippen LogP contribution in [0.15, 0.2) is 0 Å². The zero-order valence-electron chi connectivity index (χ0n) is 12.3. The zero-order valence-corrected chi connectivity index (χ0v) is 12.3. The van der Waals surface area contributed by atoms with Gasteiger partial charge in [-0.3, -0.25) is 0 Å². The summed E-state index contributed by atoms with van der Waals surface area (Å²) in [5.74, 6) is -0.329. The minimum Gasteiger partial charge on any atom is -0.480 e. The number of urea groups is 1. The predicted octanol–water partition coefficient (Wildman–Crippen LogP) is 2.60. The molecule has 0 spiro atoms. The molecule has 1 saturated carbocycles. The molecule has 20 heavy (non-hydrogen) atoms. The van der Waals surface area contributed by atoms with Gasteiger partial charge in [0, 0.05) is 12.6 Å². The van der Waals surface area contributed by atoms with Crippen LogP contribution >= 0.6 is 0 Å². The molecule has 1 heterocycles. The fraction of sp³-hybridized carbons (Fsp3) is 0.867. The number of nitrogens with zero attached hydrogens (tertiary/aromatic N) is 1. The second kappa shape index (κ2) is 6.95. The molecule has 0 aromatic rings. The molecule has 2 unspecified atom stereocenters. The first kappa shape index (κ1) is 15.1. The number of amides is 2. The summed E-state index contributed by atoms with van der Waals surface area (Å²) in [6, 6.07) is -0.713. The van der Waals surface area contributed by atoms with E-state index in [1.165, 1.54) is 30.6 Å². The molecule has 0 aromatic heterocycles. The first-order chi connectivity index (χ1) is 9.59. The molecular weight excluding hydrogens is 256 g/mol. The second-order valence-electron chi connectivity index (χ2n) is 6.18. The summed E-state index contributed by atoms with van der Waals surface area (Å²) in [6.07, 6.45) is 8.19. The highest BCUT2D eigenvalue weighted by molar-refractivity contribution is 5.82. The van der Waals surface area contributed by atoms with Crippen molar-refractivity contribution in [3.05, 3.63) is 0 Å². The third kappa shape index (κ3) is 3.64. The van der Waals surface area contributed by atoms with Gasteiger partial charge in [0.1, 0.15) is 6.04 Å². The van der Waals surface area contributed by atoms with Gasteiger partial charge in [0.2, 0.25) is 0 Å². The van der Waals surface area contributed by atoms with E-state index >= 15 is 0 Å². The van der Waals surface area contributed by atoms with Crippen molar-refractivity contribution in [3.8, 4) is 0 Å². The van der Waals surface area contributed by atoms with Gasteiger partial charge >= 0.3 is 12.0 Å². The number of nitrogens with one attached hydrogen (secondary N) is 1. The first-order valence-electron chi connectivity index (χ1n) is 7.89. The minimum atomic E-state index is -0.879. The smallest absolute Gasteiger partial charge is 0.326 e. The topological polar surface area (TPSA) is 69.6 Å². The van der Waals surface area contributed by atoms with Crippen LogP contribution in [0.25, 0.3) is 0 Å². The fourth-order valence-corrected chi connectivity index (χ4v) is 3.46. The molecule has 2 amide bonds. The van der Waals surface area contributed by atoms with Crippen LogP contribution < -0.4 is 5.32 Å². The van der Waals surface area contributed by atoms with Gasteiger partial charge in [-0.2, -0.15) is 0 Å². The highest BCUT2D eigenvalue weighted by Gasteiger charge is 2.32. The summed E-state index contributed by atoms with van der Waals surface area (Å²) in [6.45, 7) is 2.60. The van der Waals surface area contributed by atoms with E-state index in [2.05, 4.69) is 5.32 Å². The molecule has 2 N–H and O–H groups in total. The Morgan fingerprint density at radius 3 is 2.40 bits per heavy atom. The summed E-state index contributed by atoms with van der Waals surface area (Å²) in [4.78, 5) is 25.3. The Bertz CT molecular complexity index is 353. The molecule has 5 nitrogen and oxygen atoms in total. The average molecular weight is 282 g/mol. The predicted molar refractivity (Wildman–Crippen MR) is 76.5 cm³/mol. The van der Waals surface area contributed by atoms with Gasteiger partial charge in [-0.05, 0) is 38.5 Å². The number of carboxylic acid groups (broad SMARTS) is 1. The van der Waals surface area contributed by atoms with Crippen LogP contribution in [0, 0.1) is 5.92 Å². The molecule has 0 radical (unpaired) electrons. The second-order valence-corrected chi connectivity index (χ2v) is 6.18. The number of aliphatic carboxylic acids is 1. The maximum Gasteiger partial charge on any atom is 0.326 e. The summed E-state index contributed by atoms with van der Waals surface area (Å²) in [7, 11) is 0. The monoisotopic (exact) mass is 282 g/mol. The minimum absolute atomic E-state index is 0.141. The van der Waals surface area contributed by atoms with E-state index in [1.54, 1.807) is 0 Å². The summed E-state index contributed by atoms with van der Waals surface area (Å²) in [5.41, 5.74) is 0. The third-order valence-corrected chi connectivity index (χ3v) is 4.76. The fourth-order valence-electron chi connectivity index (χ4n) is 3.46. The van der Waals surface area contributed by atoms with E-state index < -0.39 is 12.0 Å². The van der Waals surface area contributed by atoms with E-state index in [0.717, 1.165) is 19.3 Å². The summed E-state index contributed by atoms with van der Waals surface area (Å²) < 4.78 is 0. The Morgan fingerprint density at radius 1 is 1.10 bits per heavy atom. The number of rotatable bonds is 3. The van der Waals surface area contributed by atoms with Crippen molar-refractivity contribution in [3.63, 3.8) is 0 Å². The first-order valence-corrected chi connectivity index (χ1v) is 7.89. The number of hydrogen-bond donors (Lipinski definition) is 2. The standard InChI is InChI=1S/C15H26N2O3/c1-11(12-7-4-5-8-12)16-15(20)17-10-6-2-3-9-13(17)14(18)19/h11-13H,2-10H2,1H3,(H,16,20)(H,18,19). The van der Waals surface area contributed by atoms with Gasteiger partial charge in [-0.25, -0.2) is 9.59 Å². The van der Waals surface area contributed by atoms with Gasteiger partial charge in [0.25, 0.3) is 0 Å². The molecular formula is C15H26N2O3. The molecule has 2 aliphatic rings. The summed E-state index contributed by atoms with van der Waals surface area (Å²) in [5, 5.41) is 12.3. The van der Waals surface area contributed by atoms with Gasteiger partial charge in [-0.15, -0.1) is 0 Å². The lowest BCUT2D eigenvalue weighted by atomic mass is 10.00. The lowest BCUT2D eigenvalue weighted by Crippen LogP contribution is -2.52. The Kier molecular flexibility index (Phi) is 5.26. The maximum atomic E-state index is 12.4. The van der Waals surface area contributed by atoms with Gasteiger partial charge < -0.3 is 15.3 Å². The van der Waals surface area contributed by atoms with Crippen molar-refractivity contribution in [2.45, 2.75) is 70.4 Å². The Balaban J connectivity index is 1.95. The normalized spacial score (nSPS) is 26.1. The van der Waals surface area contributed by atoms with Crippen LogP contribution in [-0.4, -0.2) is 40.6 Å². The van der Waals surface area contributed by atoms with Crippen molar-refractivity contribution >= 4 is 12.0 Å². The number of likely N-dealkylation sites (tertiary alicyclic amines) is 1. The van der Waals surface area contributed by atoms with Crippen LogP contribution in [0.1, 0.15) is 58.3 Å². The number of hydrogen-bond acceptors (Lipinski definition) is 2. The molecule has 114 valence electrons. The van der Waals surface area contributed by atoms with E-state index in [-0.39, 0.29) is 12.1 Å². The van der Waals surface area contributed by atoms with E-state index in [1.807, 2.05) is 6.92 Å². The molecule has 2 atom stereocenters. The van der Waals surface area contributed by atoms with E-state index in [4.69, 9.17) is 0 Å². The highest BCUT2D eigenvalue weighted by atomic mass is 16.4. The van der Waals surface area contributed by atoms with Crippen LogP contribution in [0.4, 0.5) is 4.79 Å². The molecule has 0 aromatic carbocycles. The van der Waals surface area contributed by atoms with Gasteiger partial charge in [0.15, 0.2) is 0 Å². The highest BCUT2D eigenvalue weighted by Crippen LogP contribution is 2.27. The molecule has 5 heteroatoms. The number of carbonyl (C=O) groups excluding carboxylic acids is 1. The molecule has 2 fully saturated rings. The molecule has 0 bridgehead atoms. The Morgan fingerprint density at radius 2 is 1.75 bits per heavy atom. The molecule has 1 aliphatic carbocycles. The number of carboxylic acids is 1. The van der Waals surface area contributed by atoms with Crippen LogP contribution in [-0.2, 0) is 4.79 Å². The molecule has 1 aliphatic heterocycles. The quantitative estimate of drug-likeness (QED) is 0.836. The van der Waals surface area contributed by atoms with E-state index in [9.17, 15) is 14.7 Å². The largest absolute Gasteiger partial charge is 0.480 e. The molecule has 1 saturated heterocycles. The van der Waals surface area contributed by atoms with Crippen molar-refractivity contribution in [2.75, 3.05) is 6.54 Å². The third-order valence-electron chi connectivity index (χ3n) is 4.76. The van der Waals surface area contributed by atoms with Crippen LogP contribution in [0.5, 0.6) is 0 Å². The zero-order chi connectivity index (χ0) is 14.5. The summed E-state index contributed by atoms with van der Waals surface area (Å²) >= 11 is 0. The molecule has 2 rings (SSSR count). The average Bonchev–Trinajstić information content (AvgIpc) is 2.82. The lowest BCUT2D eigenvalue weighted by Gasteiger charge is -2.30. The van der Waals surface area contributed by atoms with Gasteiger partial charge in [0.05, 0.1) is 0 Å². The Hall–Kier alpha value is -1.26. The van der Waals surface area contributed by atoms with Crippen LogP contribution in [0.3, 0.4) is 0 Å². The maximum absolute atomic E-state index is 12.4. The Labute approximate surface area is 120 Å². The van der Waals surface area contributed by atoms with E-state index in [0.29, 0.717) is 18.9 Å². The van der Waals surface area contributed by atoms with Gasteiger partial charge in [-0.1, -0.05) is 25.7 Å². The van der Waals surface area contributed by atoms with Crippen LogP contribution in [0.2, 0.25) is 0 Å². The van der Waals surface area contributed by atoms with Crippen molar-refractivity contribution < 1.29 is 14.7 Å². The van der Waals surface area contributed by atoms with Crippen molar-refractivity contribution in [1.82, 2.24) is 10.2 Å².